The number of aromatic hydroxyl groups is 1. The summed E-state index contributed by atoms with van der Waals surface area (Å²) >= 11 is 9.85. The van der Waals surface area contributed by atoms with Crippen molar-refractivity contribution in [3.63, 3.8) is 0 Å². The highest BCUT2D eigenvalue weighted by atomic mass is 127. The minimum absolute atomic E-state index is 0.248. The molecule has 0 amide bonds. The van der Waals surface area contributed by atoms with Crippen LogP contribution in [0.4, 0.5) is 0 Å². The van der Waals surface area contributed by atoms with Gasteiger partial charge >= 0.3 is 0 Å². The highest BCUT2D eigenvalue weighted by Gasteiger charge is 2.02. The summed E-state index contributed by atoms with van der Waals surface area (Å²) in [5.74, 6) is 0.248. The van der Waals surface area contributed by atoms with Gasteiger partial charge in [0.1, 0.15) is 5.75 Å². The Morgan fingerprint density at radius 2 is 1.90 bits per heavy atom. The van der Waals surface area contributed by atoms with E-state index in [2.05, 4.69) is 45.2 Å². The quantitative estimate of drug-likeness (QED) is 0.541. The first-order chi connectivity index (χ1) is 4.61. The molecule has 0 fully saturated rings. The summed E-state index contributed by atoms with van der Waals surface area (Å²) in [7, 11) is 0. The zero-order chi connectivity index (χ0) is 7.72. The Kier molecular flexibility index (Phi) is 3.05. The van der Waals surface area contributed by atoms with Crippen molar-refractivity contribution in [2.45, 2.75) is 0 Å². The van der Waals surface area contributed by atoms with Gasteiger partial charge in [-0.2, -0.15) is 0 Å². The monoisotopic (exact) mass is 380 g/mol. The third-order valence-corrected chi connectivity index (χ3v) is 4.21. The second kappa shape index (κ2) is 3.44. The molecule has 0 saturated heterocycles. The van der Waals surface area contributed by atoms with Crippen LogP contribution in [0.15, 0.2) is 12.1 Å². The topological polar surface area (TPSA) is 20.2 Å². The Bertz CT molecular complexity index is 239. The number of halogens is 3. The van der Waals surface area contributed by atoms with E-state index >= 15 is 0 Å². The number of hydrogen-bond donors (Lipinski definition) is 1. The molecule has 0 atom stereocenters. The van der Waals surface area contributed by atoms with Gasteiger partial charge in [-0.15, -0.1) is 0 Å². The first-order valence-corrected chi connectivity index (χ1v) is 4.98. The highest BCUT2D eigenvalue weighted by Crippen LogP contribution is 2.28. The minimum Gasteiger partial charge on any atom is -0.507 e. The van der Waals surface area contributed by atoms with Crippen molar-refractivity contribution in [1.82, 2.24) is 0 Å². The summed E-state index contributed by atoms with van der Waals surface area (Å²) < 4.78 is 1.82. The van der Waals surface area contributed by atoms with Crippen molar-refractivity contribution in [1.29, 1.82) is 0 Å². The maximum Gasteiger partial charge on any atom is 0.131 e. The normalized spacial score (nSPS) is 9.90. The average molecular weight is 380 g/mol. The molecule has 0 unspecified atom stereocenters. The van der Waals surface area contributed by atoms with Crippen molar-refractivity contribution in [2.75, 3.05) is 0 Å². The van der Waals surface area contributed by atoms with E-state index in [-0.39, 0.29) is 5.75 Å². The lowest BCUT2D eigenvalue weighted by molar-refractivity contribution is 0.471. The van der Waals surface area contributed by atoms with Crippen LogP contribution in [-0.4, -0.2) is 5.11 Å². The second-order valence-electron chi connectivity index (χ2n) is 1.72. The Morgan fingerprint density at radius 3 is 2.40 bits per heavy atom. The second-order valence-corrected chi connectivity index (χ2v) is 4.40. The molecule has 0 aliphatic rings. The molecule has 1 nitrogen and oxygen atoms in total. The molecule has 4 heteroatoms. The molecule has 0 heterocycles. The predicted molar refractivity (Wildman–Crippen MR) is 58.6 cm³/mol. The molecule has 1 aromatic carbocycles. The Hall–Kier alpha value is 0.770. The van der Waals surface area contributed by atoms with Gasteiger partial charge in [0.25, 0.3) is 0 Å². The Labute approximate surface area is 91.1 Å². The third kappa shape index (κ3) is 1.88. The molecule has 1 rings (SSSR count). The number of hydrogen-bond acceptors (Lipinski definition) is 1. The summed E-state index contributed by atoms with van der Waals surface area (Å²) in [4.78, 5) is 0. The lowest BCUT2D eigenvalue weighted by Gasteiger charge is -1.99. The van der Waals surface area contributed by atoms with Crippen molar-refractivity contribution in [2.24, 2.45) is 0 Å². The van der Waals surface area contributed by atoms with E-state index in [9.17, 15) is 5.11 Å². The Morgan fingerprint density at radius 1 is 1.30 bits per heavy atom. The van der Waals surface area contributed by atoms with Gasteiger partial charge in [-0.25, -0.2) is 0 Å². The van der Waals surface area contributed by atoms with Crippen molar-refractivity contribution >= 4 is 56.8 Å². The fraction of sp³-hybridized carbons (Fsp3) is 0. The first kappa shape index (κ1) is 8.86. The van der Waals surface area contributed by atoms with Crippen molar-refractivity contribution in [3.8, 4) is 5.75 Å². The van der Waals surface area contributed by atoms with Crippen LogP contribution in [0.1, 0.15) is 0 Å². The van der Waals surface area contributed by atoms with E-state index in [1.165, 1.54) is 6.07 Å². The van der Waals surface area contributed by atoms with Crippen LogP contribution in [0.3, 0.4) is 0 Å². The van der Waals surface area contributed by atoms with E-state index in [1.54, 1.807) is 0 Å². The fourth-order valence-electron chi connectivity index (χ4n) is 0.542. The van der Waals surface area contributed by atoms with Crippen LogP contribution in [0.2, 0.25) is 5.02 Å². The van der Waals surface area contributed by atoms with Crippen molar-refractivity contribution < 1.29 is 5.11 Å². The van der Waals surface area contributed by atoms with Gasteiger partial charge < -0.3 is 5.11 Å². The van der Waals surface area contributed by atoms with Gasteiger partial charge in [-0.05, 0) is 57.3 Å². The lowest BCUT2D eigenvalue weighted by atomic mass is 10.3. The van der Waals surface area contributed by atoms with E-state index in [0.29, 0.717) is 5.02 Å². The predicted octanol–water partition coefficient (Wildman–Crippen LogP) is 3.25. The summed E-state index contributed by atoms with van der Waals surface area (Å²) in [6.07, 6.45) is 0. The number of phenolic OH excluding ortho intramolecular Hbond substituents is 1. The molecule has 1 N–H and O–H groups in total. The zero-order valence-electron chi connectivity index (χ0n) is 4.74. The van der Waals surface area contributed by atoms with Crippen LogP contribution in [-0.2, 0) is 0 Å². The number of phenols is 1. The van der Waals surface area contributed by atoms with Gasteiger partial charge in [-0.3, -0.25) is 0 Å². The fourth-order valence-corrected chi connectivity index (χ4v) is 1.86. The largest absolute Gasteiger partial charge is 0.507 e. The molecule has 0 aliphatic heterocycles. The van der Waals surface area contributed by atoms with Gasteiger partial charge in [-0.1, -0.05) is 11.6 Å². The van der Waals surface area contributed by atoms with E-state index in [1.807, 2.05) is 6.07 Å². The van der Waals surface area contributed by atoms with Crippen molar-refractivity contribution in [3.05, 3.63) is 24.3 Å². The van der Waals surface area contributed by atoms with Crippen LogP contribution in [0, 0.1) is 7.14 Å². The van der Waals surface area contributed by atoms with Gasteiger partial charge in [0.15, 0.2) is 0 Å². The minimum atomic E-state index is 0.248. The summed E-state index contributed by atoms with van der Waals surface area (Å²) in [5, 5.41) is 9.76. The number of benzene rings is 1. The van der Waals surface area contributed by atoms with E-state index in [0.717, 1.165) is 7.14 Å². The molecule has 54 valence electrons. The van der Waals surface area contributed by atoms with Crippen LogP contribution in [0.25, 0.3) is 0 Å². The average Bonchev–Trinajstić information content (AvgIpc) is 1.82. The van der Waals surface area contributed by atoms with Gasteiger partial charge in [0.2, 0.25) is 0 Å². The molecule has 10 heavy (non-hydrogen) atoms. The molecule has 1 aromatic rings. The lowest BCUT2D eigenvalue weighted by Crippen LogP contribution is -1.79. The Balaban J connectivity index is 3.31. The molecular weight excluding hydrogens is 377 g/mol. The van der Waals surface area contributed by atoms with Crippen LogP contribution in [0.5, 0.6) is 5.75 Å². The molecule has 0 aromatic heterocycles. The summed E-state index contributed by atoms with van der Waals surface area (Å²) in [5.41, 5.74) is 0. The van der Waals surface area contributed by atoms with Gasteiger partial charge in [0.05, 0.1) is 3.57 Å². The van der Waals surface area contributed by atoms with Crippen LogP contribution >= 0.6 is 56.8 Å². The maximum atomic E-state index is 9.18. The van der Waals surface area contributed by atoms with E-state index in [4.69, 9.17) is 11.6 Å². The molecule has 0 saturated carbocycles. The highest BCUT2D eigenvalue weighted by molar-refractivity contribution is 14.1. The summed E-state index contributed by atoms with van der Waals surface area (Å²) in [6, 6.07) is 3.34. The summed E-state index contributed by atoms with van der Waals surface area (Å²) in [6.45, 7) is 0. The standard InChI is InChI=1S/C6H3ClI2O/c7-3-1-4(8)6(9)5(10)2-3/h1-2,10H. The number of rotatable bonds is 0. The molecule has 0 aliphatic carbocycles. The third-order valence-electron chi connectivity index (χ3n) is 0.974. The maximum absolute atomic E-state index is 9.18. The molecule has 0 spiro atoms. The molecule has 0 bridgehead atoms. The van der Waals surface area contributed by atoms with Gasteiger partial charge in [0, 0.05) is 8.59 Å². The molecular formula is C6H3ClI2O. The zero-order valence-corrected chi connectivity index (χ0v) is 9.81. The van der Waals surface area contributed by atoms with Crippen LogP contribution < -0.4 is 0 Å². The smallest absolute Gasteiger partial charge is 0.131 e. The molecule has 0 radical (unpaired) electrons. The first-order valence-electron chi connectivity index (χ1n) is 2.45. The van der Waals surface area contributed by atoms with E-state index < -0.39 is 0 Å². The SMILES string of the molecule is Oc1cc(Cl)cc(I)c1I.